The van der Waals surface area contributed by atoms with Gasteiger partial charge in [-0.15, -0.1) is 0 Å². The standard InChI is InChI=1S/C16H18ClF3N2O2/c17-13-8-12(16(18,19)20)9-22(15(13)24)10-14(23)21-7-6-11-4-2-1-3-5-11/h4,8-9H,1-3,5-7,10H2,(H,21,23). The van der Waals surface area contributed by atoms with E-state index >= 15 is 0 Å². The molecular weight excluding hydrogens is 345 g/mol. The van der Waals surface area contributed by atoms with Crippen molar-refractivity contribution in [1.29, 1.82) is 0 Å². The second-order valence-electron chi connectivity index (χ2n) is 5.72. The fourth-order valence-corrected chi connectivity index (χ4v) is 2.80. The quantitative estimate of drug-likeness (QED) is 0.815. The van der Waals surface area contributed by atoms with Gasteiger partial charge in [-0.2, -0.15) is 13.2 Å². The van der Waals surface area contributed by atoms with Gasteiger partial charge in [0.1, 0.15) is 11.6 Å². The van der Waals surface area contributed by atoms with Crippen LogP contribution < -0.4 is 10.9 Å². The number of halogens is 4. The fraction of sp³-hybridized carbons (Fsp3) is 0.500. The lowest BCUT2D eigenvalue weighted by molar-refractivity contribution is -0.138. The molecule has 0 radical (unpaired) electrons. The minimum atomic E-state index is -4.64. The van der Waals surface area contributed by atoms with E-state index in [9.17, 15) is 22.8 Å². The van der Waals surface area contributed by atoms with Gasteiger partial charge in [-0.25, -0.2) is 0 Å². The average molecular weight is 363 g/mol. The maximum absolute atomic E-state index is 12.7. The summed E-state index contributed by atoms with van der Waals surface area (Å²) in [5.74, 6) is -0.524. The van der Waals surface area contributed by atoms with Crippen molar-refractivity contribution in [3.05, 3.63) is 44.9 Å². The molecule has 0 spiro atoms. The molecule has 0 bridgehead atoms. The van der Waals surface area contributed by atoms with E-state index in [1.54, 1.807) is 0 Å². The first-order valence-corrected chi connectivity index (χ1v) is 8.07. The SMILES string of the molecule is O=C(Cn1cc(C(F)(F)F)cc(Cl)c1=O)NCCC1=CCCCC1. The first-order chi connectivity index (χ1) is 11.3. The summed E-state index contributed by atoms with van der Waals surface area (Å²) in [5, 5.41) is 2.05. The van der Waals surface area contributed by atoms with Gasteiger partial charge in [0, 0.05) is 12.7 Å². The van der Waals surface area contributed by atoms with Crippen molar-refractivity contribution in [2.45, 2.75) is 44.8 Å². The highest BCUT2D eigenvalue weighted by atomic mass is 35.5. The number of alkyl halides is 3. The van der Waals surface area contributed by atoms with E-state index in [4.69, 9.17) is 11.6 Å². The Kier molecular flexibility index (Phi) is 6.10. The molecule has 0 atom stereocenters. The van der Waals surface area contributed by atoms with Crippen molar-refractivity contribution in [3.63, 3.8) is 0 Å². The molecule has 0 aromatic carbocycles. The van der Waals surface area contributed by atoms with Crippen LogP contribution in [0.4, 0.5) is 13.2 Å². The van der Waals surface area contributed by atoms with Crippen LogP contribution >= 0.6 is 11.6 Å². The number of amides is 1. The lowest BCUT2D eigenvalue weighted by atomic mass is 9.97. The Labute approximate surface area is 142 Å². The largest absolute Gasteiger partial charge is 0.417 e. The normalized spacial score (nSPS) is 15.1. The summed E-state index contributed by atoms with van der Waals surface area (Å²) in [5.41, 5.74) is -0.608. The molecule has 1 aliphatic rings. The van der Waals surface area contributed by atoms with Crippen LogP contribution in [-0.4, -0.2) is 17.0 Å². The second-order valence-corrected chi connectivity index (χ2v) is 6.12. The fourth-order valence-electron chi connectivity index (χ4n) is 2.58. The number of hydrogen-bond acceptors (Lipinski definition) is 2. The van der Waals surface area contributed by atoms with Crippen LogP contribution in [0.15, 0.2) is 28.7 Å². The number of rotatable bonds is 5. The summed E-state index contributed by atoms with van der Waals surface area (Å²) in [6.45, 7) is -0.104. The Morgan fingerprint density at radius 3 is 2.71 bits per heavy atom. The first-order valence-electron chi connectivity index (χ1n) is 7.69. The lowest BCUT2D eigenvalue weighted by Gasteiger charge is -2.14. The van der Waals surface area contributed by atoms with Crippen molar-refractivity contribution in [2.75, 3.05) is 6.54 Å². The zero-order valence-electron chi connectivity index (χ0n) is 13.0. The number of pyridine rings is 1. The van der Waals surface area contributed by atoms with Crippen LogP contribution in [0, 0.1) is 0 Å². The molecule has 8 heteroatoms. The monoisotopic (exact) mass is 362 g/mol. The van der Waals surface area contributed by atoms with Gasteiger partial charge in [-0.3, -0.25) is 9.59 Å². The Morgan fingerprint density at radius 2 is 2.08 bits per heavy atom. The van der Waals surface area contributed by atoms with E-state index < -0.39 is 34.8 Å². The number of hydrogen-bond donors (Lipinski definition) is 1. The van der Waals surface area contributed by atoms with Crippen LogP contribution in [-0.2, 0) is 17.5 Å². The zero-order valence-corrected chi connectivity index (χ0v) is 13.7. The Hall–Kier alpha value is -1.76. The number of nitrogens with one attached hydrogen (secondary N) is 1. The molecule has 1 heterocycles. The Morgan fingerprint density at radius 1 is 1.33 bits per heavy atom. The third-order valence-electron chi connectivity index (χ3n) is 3.84. The minimum absolute atomic E-state index is 0.395. The molecule has 0 saturated heterocycles. The summed E-state index contributed by atoms with van der Waals surface area (Å²) < 4.78 is 38.9. The molecule has 1 aromatic rings. The summed E-state index contributed by atoms with van der Waals surface area (Å²) in [7, 11) is 0. The van der Waals surface area contributed by atoms with Crippen molar-refractivity contribution in [3.8, 4) is 0 Å². The van der Waals surface area contributed by atoms with E-state index in [-0.39, 0.29) is 0 Å². The highest BCUT2D eigenvalue weighted by Crippen LogP contribution is 2.29. The molecule has 0 fully saturated rings. The number of nitrogens with zero attached hydrogens (tertiary/aromatic N) is 1. The smallest absolute Gasteiger partial charge is 0.354 e. The van der Waals surface area contributed by atoms with E-state index in [2.05, 4.69) is 11.4 Å². The highest BCUT2D eigenvalue weighted by Gasteiger charge is 2.32. The molecule has 1 aromatic heterocycles. The summed E-state index contributed by atoms with van der Waals surface area (Å²) >= 11 is 5.54. The van der Waals surface area contributed by atoms with Crippen LogP contribution in [0.1, 0.15) is 37.7 Å². The Balaban J connectivity index is 1.97. The van der Waals surface area contributed by atoms with Gasteiger partial charge in [0.05, 0.1) is 5.56 Å². The molecule has 0 saturated carbocycles. The number of aromatic nitrogens is 1. The van der Waals surface area contributed by atoms with E-state index in [1.807, 2.05) is 0 Å². The highest BCUT2D eigenvalue weighted by molar-refractivity contribution is 6.30. The predicted octanol–water partition coefficient (Wildman–Crippen LogP) is 3.53. The van der Waals surface area contributed by atoms with Crippen molar-refractivity contribution in [1.82, 2.24) is 9.88 Å². The maximum atomic E-state index is 12.7. The van der Waals surface area contributed by atoms with Crippen LogP contribution in [0.3, 0.4) is 0 Å². The van der Waals surface area contributed by atoms with E-state index in [0.29, 0.717) is 29.8 Å². The molecule has 0 aliphatic heterocycles. The van der Waals surface area contributed by atoms with Crippen LogP contribution in [0.25, 0.3) is 0 Å². The predicted molar refractivity (Wildman–Crippen MR) is 84.9 cm³/mol. The zero-order chi connectivity index (χ0) is 17.7. The molecule has 4 nitrogen and oxygen atoms in total. The third kappa shape index (κ3) is 5.12. The molecule has 1 aliphatic carbocycles. The summed E-state index contributed by atoms with van der Waals surface area (Å²) in [6, 6.07) is 0.563. The molecule has 132 valence electrons. The number of carbonyl (C=O) groups is 1. The van der Waals surface area contributed by atoms with Gasteiger partial charge < -0.3 is 9.88 Å². The molecule has 2 rings (SSSR count). The van der Waals surface area contributed by atoms with Gasteiger partial charge >= 0.3 is 6.18 Å². The van der Waals surface area contributed by atoms with Crippen LogP contribution in [0.2, 0.25) is 5.02 Å². The van der Waals surface area contributed by atoms with Gasteiger partial charge in [0.2, 0.25) is 5.91 Å². The van der Waals surface area contributed by atoms with Gasteiger partial charge in [0.15, 0.2) is 0 Å². The van der Waals surface area contributed by atoms with Crippen molar-refractivity contribution >= 4 is 17.5 Å². The van der Waals surface area contributed by atoms with E-state index in [1.165, 1.54) is 12.0 Å². The second kappa shape index (κ2) is 7.88. The molecule has 0 unspecified atom stereocenters. The lowest BCUT2D eigenvalue weighted by Crippen LogP contribution is -2.33. The first kappa shape index (κ1) is 18.6. The molecule has 1 amide bonds. The number of carbonyl (C=O) groups excluding carboxylic acids is 1. The van der Waals surface area contributed by atoms with Crippen molar-refractivity contribution < 1.29 is 18.0 Å². The average Bonchev–Trinajstić information content (AvgIpc) is 2.51. The van der Waals surface area contributed by atoms with Crippen molar-refractivity contribution in [2.24, 2.45) is 0 Å². The number of allylic oxidation sites excluding steroid dienone is 1. The minimum Gasteiger partial charge on any atom is -0.354 e. The van der Waals surface area contributed by atoms with Gasteiger partial charge in [-0.1, -0.05) is 23.3 Å². The molecule has 1 N–H and O–H groups in total. The summed E-state index contributed by atoms with van der Waals surface area (Å²) in [6.07, 6.45) is 3.21. The Bertz CT molecular complexity index is 696. The van der Waals surface area contributed by atoms with Crippen LogP contribution in [0.5, 0.6) is 0 Å². The topological polar surface area (TPSA) is 51.1 Å². The third-order valence-corrected chi connectivity index (χ3v) is 4.11. The summed E-state index contributed by atoms with van der Waals surface area (Å²) in [4.78, 5) is 23.6. The molecule has 24 heavy (non-hydrogen) atoms. The molecular formula is C16H18ClF3N2O2. The van der Waals surface area contributed by atoms with Gasteiger partial charge in [-0.05, 0) is 38.2 Å². The maximum Gasteiger partial charge on any atom is 0.417 e. The van der Waals surface area contributed by atoms with Gasteiger partial charge in [0.25, 0.3) is 5.56 Å². The van der Waals surface area contributed by atoms with E-state index in [0.717, 1.165) is 19.3 Å².